The van der Waals surface area contributed by atoms with Crippen molar-refractivity contribution in [2.75, 3.05) is 0 Å². The normalized spacial score (nSPS) is 31.2. The van der Waals surface area contributed by atoms with Crippen LogP contribution in [-0.4, -0.2) is 0 Å². The first kappa shape index (κ1) is 22.3. The number of hydrogen-bond donors (Lipinski definition) is 0. The molecule has 4 rings (SSSR count). The van der Waals surface area contributed by atoms with Crippen molar-refractivity contribution in [3.63, 3.8) is 0 Å². The van der Waals surface area contributed by atoms with Crippen LogP contribution in [0.1, 0.15) is 126 Å². The van der Waals surface area contributed by atoms with Gasteiger partial charge in [0.15, 0.2) is 0 Å². The lowest BCUT2D eigenvalue weighted by molar-refractivity contribution is 0.112. The standard InChI is InChI=1S/C29H45F/c1-3-5-7-9-22-11-13-25-19-28(29(30)20-27(25)17-22)26-15-14-23-16-21(8-6-4-2)10-12-24(23)18-26/h19-24,26H,3-18H2,1-2H3. The van der Waals surface area contributed by atoms with Crippen LogP contribution in [0.4, 0.5) is 4.39 Å². The number of halogens is 1. The second kappa shape index (κ2) is 10.6. The fraction of sp³-hybridized carbons (Fsp3) is 0.793. The van der Waals surface area contributed by atoms with E-state index >= 15 is 4.39 Å². The quantitative estimate of drug-likeness (QED) is 0.374. The first-order valence-corrected chi connectivity index (χ1v) is 13.5. The molecule has 0 spiro atoms. The van der Waals surface area contributed by atoms with Crippen molar-refractivity contribution in [1.82, 2.24) is 0 Å². The summed E-state index contributed by atoms with van der Waals surface area (Å²) in [5.41, 5.74) is 3.88. The fourth-order valence-corrected chi connectivity index (χ4v) is 7.14. The lowest BCUT2D eigenvalue weighted by atomic mass is 9.63. The van der Waals surface area contributed by atoms with E-state index in [0.29, 0.717) is 5.92 Å². The molecular formula is C29H45F. The number of unbranched alkanes of at least 4 members (excludes halogenated alkanes) is 3. The van der Waals surface area contributed by atoms with Crippen LogP contribution < -0.4 is 0 Å². The van der Waals surface area contributed by atoms with Gasteiger partial charge in [0.1, 0.15) is 5.82 Å². The molecule has 5 atom stereocenters. The molecule has 3 aliphatic carbocycles. The van der Waals surface area contributed by atoms with Crippen LogP contribution in [0.3, 0.4) is 0 Å². The summed E-state index contributed by atoms with van der Waals surface area (Å²) >= 11 is 0. The summed E-state index contributed by atoms with van der Waals surface area (Å²) in [4.78, 5) is 0. The molecule has 0 aromatic heterocycles. The van der Waals surface area contributed by atoms with E-state index in [9.17, 15) is 0 Å². The summed E-state index contributed by atoms with van der Waals surface area (Å²) in [6.45, 7) is 4.59. The predicted molar refractivity (Wildman–Crippen MR) is 126 cm³/mol. The van der Waals surface area contributed by atoms with Crippen molar-refractivity contribution in [2.24, 2.45) is 23.7 Å². The summed E-state index contributed by atoms with van der Waals surface area (Å²) in [6.07, 6.45) is 21.2. The zero-order chi connectivity index (χ0) is 20.9. The Morgan fingerprint density at radius 2 is 1.53 bits per heavy atom. The summed E-state index contributed by atoms with van der Waals surface area (Å²) in [7, 11) is 0. The van der Waals surface area contributed by atoms with Crippen molar-refractivity contribution >= 4 is 0 Å². The molecule has 0 N–H and O–H groups in total. The molecule has 0 saturated heterocycles. The lowest BCUT2D eigenvalue weighted by Gasteiger charge is -2.42. The Morgan fingerprint density at radius 3 is 2.37 bits per heavy atom. The molecular weight excluding hydrogens is 367 g/mol. The molecule has 2 fully saturated rings. The minimum Gasteiger partial charge on any atom is -0.207 e. The Balaban J connectivity index is 1.37. The second-order valence-corrected chi connectivity index (χ2v) is 11.1. The molecule has 5 unspecified atom stereocenters. The minimum absolute atomic E-state index is 0.114. The van der Waals surface area contributed by atoms with Crippen LogP contribution in [0.5, 0.6) is 0 Å². The smallest absolute Gasteiger partial charge is 0.126 e. The average Bonchev–Trinajstić information content (AvgIpc) is 2.77. The van der Waals surface area contributed by atoms with Crippen LogP contribution in [0.15, 0.2) is 12.1 Å². The van der Waals surface area contributed by atoms with Gasteiger partial charge in [0.25, 0.3) is 0 Å². The fourth-order valence-electron chi connectivity index (χ4n) is 7.14. The Hall–Kier alpha value is -0.850. The third-order valence-electron chi connectivity index (χ3n) is 8.99. The maximum Gasteiger partial charge on any atom is 0.126 e. The maximum absolute atomic E-state index is 15.2. The van der Waals surface area contributed by atoms with Crippen LogP contribution >= 0.6 is 0 Å². The molecule has 0 amide bonds. The predicted octanol–water partition coefficient (Wildman–Crippen LogP) is 9.00. The van der Waals surface area contributed by atoms with Crippen LogP contribution in [0.25, 0.3) is 0 Å². The van der Waals surface area contributed by atoms with E-state index in [1.807, 2.05) is 6.07 Å². The first-order chi connectivity index (χ1) is 14.7. The van der Waals surface area contributed by atoms with Crippen LogP contribution in [0, 0.1) is 29.5 Å². The van der Waals surface area contributed by atoms with E-state index in [-0.39, 0.29) is 5.82 Å². The summed E-state index contributed by atoms with van der Waals surface area (Å²) in [5.74, 6) is 4.15. The minimum atomic E-state index is 0.114. The highest BCUT2D eigenvalue weighted by molar-refractivity contribution is 5.37. The molecule has 1 aromatic carbocycles. The van der Waals surface area contributed by atoms with Gasteiger partial charge >= 0.3 is 0 Å². The van der Waals surface area contributed by atoms with E-state index in [0.717, 1.165) is 35.7 Å². The van der Waals surface area contributed by atoms with Gasteiger partial charge in [0.2, 0.25) is 0 Å². The zero-order valence-electron chi connectivity index (χ0n) is 19.7. The second-order valence-electron chi connectivity index (χ2n) is 11.1. The molecule has 0 nitrogen and oxygen atoms in total. The zero-order valence-corrected chi connectivity index (χ0v) is 19.7. The molecule has 3 aliphatic rings. The molecule has 0 radical (unpaired) electrons. The Kier molecular flexibility index (Phi) is 7.93. The number of fused-ring (bicyclic) bond motifs is 2. The van der Waals surface area contributed by atoms with Gasteiger partial charge < -0.3 is 0 Å². The molecule has 1 aromatic rings. The van der Waals surface area contributed by atoms with Crippen molar-refractivity contribution in [3.8, 4) is 0 Å². The molecule has 168 valence electrons. The highest BCUT2D eigenvalue weighted by Crippen LogP contribution is 2.49. The maximum atomic E-state index is 15.2. The average molecular weight is 413 g/mol. The van der Waals surface area contributed by atoms with E-state index in [4.69, 9.17) is 0 Å². The highest BCUT2D eigenvalue weighted by Gasteiger charge is 2.36. The molecule has 1 heteroatoms. The Morgan fingerprint density at radius 1 is 0.767 bits per heavy atom. The van der Waals surface area contributed by atoms with Gasteiger partial charge in [-0.05, 0) is 104 Å². The van der Waals surface area contributed by atoms with E-state index in [1.165, 1.54) is 107 Å². The van der Waals surface area contributed by atoms with Crippen LogP contribution in [0.2, 0.25) is 0 Å². The SMILES string of the molecule is CCCCCC1CCc2cc(C3CCC4CC(CCCC)CCC4C3)c(F)cc2C1. The van der Waals surface area contributed by atoms with Gasteiger partial charge in [-0.15, -0.1) is 0 Å². The van der Waals surface area contributed by atoms with Crippen molar-refractivity contribution in [1.29, 1.82) is 0 Å². The Labute approximate surface area is 185 Å². The largest absolute Gasteiger partial charge is 0.207 e. The van der Waals surface area contributed by atoms with Crippen molar-refractivity contribution in [3.05, 3.63) is 34.6 Å². The molecule has 2 saturated carbocycles. The molecule has 30 heavy (non-hydrogen) atoms. The van der Waals surface area contributed by atoms with Gasteiger partial charge in [-0.2, -0.15) is 0 Å². The van der Waals surface area contributed by atoms with Gasteiger partial charge in [0, 0.05) is 0 Å². The lowest BCUT2D eigenvalue weighted by Crippen LogP contribution is -2.31. The molecule has 0 aliphatic heterocycles. The summed E-state index contributed by atoms with van der Waals surface area (Å²) in [6, 6.07) is 4.26. The van der Waals surface area contributed by atoms with E-state index in [2.05, 4.69) is 19.9 Å². The third-order valence-corrected chi connectivity index (χ3v) is 8.99. The van der Waals surface area contributed by atoms with Gasteiger partial charge in [-0.25, -0.2) is 4.39 Å². The van der Waals surface area contributed by atoms with Gasteiger partial charge in [-0.3, -0.25) is 0 Å². The number of aryl methyl sites for hydroxylation is 1. The van der Waals surface area contributed by atoms with E-state index in [1.54, 1.807) is 0 Å². The monoisotopic (exact) mass is 412 g/mol. The molecule has 0 bridgehead atoms. The van der Waals surface area contributed by atoms with Gasteiger partial charge in [0.05, 0.1) is 0 Å². The van der Waals surface area contributed by atoms with Crippen molar-refractivity contribution in [2.45, 2.75) is 122 Å². The Bertz CT molecular complexity index is 677. The summed E-state index contributed by atoms with van der Waals surface area (Å²) in [5, 5.41) is 0. The van der Waals surface area contributed by atoms with Crippen LogP contribution in [-0.2, 0) is 12.8 Å². The van der Waals surface area contributed by atoms with Crippen molar-refractivity contribution < 1.29 is 4.39 Å². The number of rotatable bonds is 8. The summed E-state index contributed by atoms with van der Waals surface area (Å²) < 4.78 is 15.2. The number of hydrogen-bond acceptors (Lipinski definition) is 0. The van der Waals surface area contributed by atoms with Gasteiger partial charge in [-0.1, -0.05) is 71.3 Å². The third kappa shape index (κ3) is 5.31. The number of benzene rings is 1. The van der Waals surface area contributed by atoms with E-state index < -0.39 is 0 Å². The first-order valence-electron chi connectivity index (χ1n) is 13.5. The molecule has 0 heterocycles. The topological polar surface area (TPSA) is 0 Å². The highest BCUT2D eigenvalue weighted by atomic mass is 19.1.